The van der Waals surface area contributed by atoms with Gasteiger partial charge >= 0.3 is 0 Å². The second-order valence-electron chi connectivity index (χ2n) is 9.38. The normalized spacial score (nSPS) is 23.4. The molecule has 0 bridgehead atoms. The Labute approximate surface area is 204 Å². The van der Waals surface area contributed by atoms with Crippen molar-refractivity contribution in [3.63, 3.8) is 0 Å². The minimum absolute atomic E-state index is 0.190. The van der Waals surface area contributed by atoms with Crippen LogP contribution in [0.4, 0.5) is 10.2 Å². The van der Waals surface area contributed by atoms with E-state index in [2.05, 4.69) is 25.2 Å². The van der Waals surface area contributed by atoms with E-state index in [1.54, 1.807) is 16.9 Å². The molecule has 0 radical (unpaired) electrons. The number of nitrogens with one attached hydrogen (secondary N) is 1. The van der Waals surface area contributed by atoms with Crippen LogP contribution in [0.25, 0.3) is 33.3 Å². The van der Waals surface area contributed by atoms with Crippen LogP contribution >= 0.6 is 11.6 Å². The summed E-state index contributed by atoms with van der Waals surface area (Å²) in [5.74, 6) is 1.15. The van der Waals surface area contributed by atoms with Gasteiger partial charge in [-0.1, -0.05) is 11.6 Å². The number of aromatic amines is 1. The number of piperidine rings is 1. The first-order chi connectivity index (χ1) is 17.0. The first kappa shape index (κ1) is 20.7. The van der Waals surface area contributed by atoms with Gasteiger partial charge < -0.3 is 10.6 Å². The molecule has 1 aliphatic carbocycles. The fourth-order valence-corrected chi connectivity index (χ4v) is 6.15. The standard InChI is InChI=1S/C24H21ClFN9/c1-34-8-14-17(33-34)4-3-13(20(14)25)21-22-23(32-31-21)30-19(7-29-22)35-9-15-16(10-35)24(15,11-27)18-5-2-12(26)6-28-18/h2-8,15-16H,9-11,27H2,1H3,(H,30,31,32)/t15-,16+,24-. The summed E-state index contributed by atoms with van der Waals surface area (Å²) in [6.45, 7) is 2.09. The first-order valence-electron chi connectivity index (χ1n) is 11.4. The van der Waals surface area contributed by atoms with Gasteiger partial charge in [-0.25, -0.2) is 14.4 Å². The molecular formula is C24H21ClFN9. The lowest BCUT2D eigenvalue weighted by atomic mass is 9.94. The van der Waals surface area contributed by atoms with Gasteiger partial charge in [0.1, 0.15) is 22.8 Å². The summed E-state index contributed by atoms with van der Waals surface area (Å²) in [6.07, 6.45) is 4.94. The maximum Gasteiger partial charge on any atom is 0.177 e. The number of halogens is 2. The van der Waals surface area contributed by atoms with E-state index in [-0.39, 0.29) is 11.2 Å². The molecular weight excluding hydrogens is 469 g/mol. The predicted molar refractivity (Wildman–Crippen MR) is 131 cm³/mol. The van der Waals surface area contributed by atoms with Crippen molar-refractivity contribution >= 4 is 39.5 Å². The van der Waals surface area contributed by atoms with Crippen molar-refractivity contribution in [2.75, 3.05) is 24.5 Å². The molecule has 5 aromatic rings. The molecule has 35 heavy (non-hydrogen) atoms. The fourth-order valence-electron chi connectivity index (χ4n) is 5.85. The number of hydrogen-bond acceptors (Lipinski definition) is 7. The molecule has 0 amide bonds. The second kappa shape index (κ2) is 7.19. The Morgan fingerprint density at radius 2 is 2.00 bits per heavy atom. The van der Waals surface area contributed by atoms with Crippen molar-refractivity contribution in [3.05, 3.63) is 59.4 Å². The average Bonchev–Trinajstić information content (AvgIpc) is 3.31. The summed E-state index contributed by atoms with van der Waals surface area (Å²) >= 11 is 6.70. The maximum atomic E-state index is 13.4. The van der Waals surface area contributed by atoms with Crippen LogP contribution in [0.5, 0.6) is 0 Å². The van der Waals surface area contributed by atoms with E-state index in [1.165, 1.54) is 12.3 Å². The van der Waals surface area contributed by atoms with Crippen molar-refractivity contribution in [2.45, 2.75) is 5.41 Å². The van der Waals surface area contributed by atoms with Crippen molar-refractivity contribution < 1.29 is 4.39 Å². The number of hydrogen-bond donors (Lipinski definition) is 2. The van der Waals surface area contributed by atoms with Crippen molar-refractivity contribution in [1.82, 2.24) is 34.9 Å². The van der Waals surface area contributed by atoms with Gasteiger partial charge in [-0.15, -0.1) is 0 Å². The van der Waals surface area contributed by atoms with Gasteiger partial charge in [0.2, 0.25) is 0 Å². The highest BCUT2D eigenvalue weighted by molar-refractivity contribution is 6.38. The molecule has 4 aromatic heterocycles. The number of nitrogens with two attached hydrogens (primary N) is 1. The van der Waals surface area contributed by atoms with Gasteiger partial charge in [0.15, 0.2) is 5.65 Å². The Hall–Kier alpha value is -3.63. The Balaban J connectivity index is 1.17. The highest BCUT2D eigenvalue weighted by Gasteiger charge is 2.69. The fraction of sp³-hybridized carbons (Fsp3) is 0.292. The molecule has 7 rings (SSSR count). The van der Waals surface area contributed by atoms with Crippen LogP contribution in [-0.4, -0.2) is 54.6 Å². The summed E-state index contributed by atoms with van der Waals surface area (Å²) in [5.41, 5.74) is 10.4. The molecule has 1 aliphatic heterocycles. The van der Waals surface area contributed by atoms with E-state index >= 15 is 0 Å². The summed E-state index contributed by atoms with van der Waals surface area (Å²) in [6, 6.07) is 7.05. The van der Waals surface area contributed by atoms with Gasteiger partial charge in [0.25, 0.3) is 0 Å². The zero-order chi connectivity index (χ0) is 23.9. The Morgan fingerprint density at radius 1 is 1.17 bits per heavy atom. The maximum absolute atomic E-state index is 13.4. The monoisotopic (exact) mass is 489 g/mol. The van der Waals surface area contributed by atoms with Crippen LogP contribution in [0.3, 0.4) is 0 Å². The van der Waals surface area contributed by atoms with Crippen LogP contribution < -0.4 is 10.6 Å². The van der Waals surface area contributed by atoms with Crippen LogP contribution in [-0.2, 0) is 12.5 Å². The van der Waals surface area contributed by atoms with Crippen LogP contribution in [0.1, 0.15) is 5.69 Å². The highest BCUT2D eigenvalue weighted by Crippen LogP contribution is 2.62. The Morgan fingerprint density at radius 3 is 2.74 bits per heavy atom. The largest absolute Gasteiger partial charge is 0.355 e. The van der Waals surface area contributed by atoms with E-state index < -0.39 is 0 Å². The van der Waals surface area contributed by atoms with E-state index in [9.17, 15) is 4.39 Å². The molecule has 3 N–H and O–H groups in total. The zero-order valence-electron chi connectivity index (χ0n) is 18.8. The number of benzene rings is 1. The summed E-state index contributed by atoms with van der Waals surface area (Å²) in [7, 11) is 1.86. The van der Waals surface area contributed by atoms with Crippen LogP contribution in [0.2, 0.25) is 5.02 Å². The van der Waals surface area contributed by atoms with Gasteiger partial charge in [-0.05, 0) is 36.1 Å². The molecule has 0 unspecified atom stereocenters. The Bertz CT molecular complexity index is 1600. The highest BCUT2D eigenvalue weighted by atomic mass is 35.5. The van der Waals surface area contributed by atoms with Gasteiger partial charge in [0, 0.05) is 54.9 Å². The average molecular weight is 490 g/mol. The quantitative estimate of drug-likeness (QED) is 0.398. The smallest absolute Gasteiger partial charge is 0.177 e. The van der Waals surface area contributed by atoms with E-state index in [0.29, 0.717) is 40.3 Å². The lowest BCUT2D eigenvalue weighted by molar-refractivity contribution is 0.533. The van der Waals surface area contributed by atoms with Crippen molar-refractivity contribution in [3.8, 4) is 11.3 Å². The second-order valence-corrected chi connectivity index (χ2v) is 9.76. The number of nitrogens with zero attached hydrogens (tertiary/aromatic N) is 7. The SMILES string of the molecule is Cn1cc2c(Cl)c(-c3n[nH]c4nc(N5C[C@@H]6[C@H](C5)[C@]6(CN)c5ccc(F)cn5)cnc34)ccc2n1. The molecule has 3 atom stereocenters. The molecule has 5 heterocycles. The molecule has 9 nitrogen and oxygen atoms in total. The minimum atomic E-state index is -0.336. The molecule has 1 saturated carbocycles. The zero-order valence-corrected chi connectivity index (χ0v) is 19.5. The number of pyridine rings is 1. The molecule has 2 aliphatic rings. The lowest BCUT2D eigenvalue weighted by Gasteiger charge is -2.26. The molecule has 2 fully saturated rings. The van der Waals surface area contributed by atoms with E-state index in [4.69, 9.17) is 27.3 Å². The number of rotatable bonds is 4. The topological polar surface area (TPSA) is 114 Å². The summed E-state index contributed by atoms with van der Waals surface area (Å²) in [5, 5.41) is 13.4. The van der Waals surface area contributed by atoms with E-state index in [0.717, 1.165) is 41.1 Å². The van der Waals surface area contributed by atoms with Crippen molar-refractivity contribution in [1.29, 1.82) is 0 Å². The number of aromatic nitrogens is 7. The Kier molecular flexibility index (Phi) is 4.26. The molecule has 11 heteroatoms. The van der Waals surface area contributed by atoms with E-state index in [1.807, 2.05) is 25.4 Å². The predicted octanol–water partition coefficient (Wildman–Crippen LogP) is 3.06. The van der Waals surface area contributed by atoms with Crippen LogP contribution in [0, 0.1) is 17.7 Å². The number of anilines is 1. The van der Waals surface area contributed by atoms with Crippen LogP contribution in [0.15, 0.2) is 42.9 Å². The van der Waals surface area contributed by atoms with Gasteiger partial charge in [-0.2, -0.15) is 10.2 Å². The third kappa shape index (κ3) is 2.86. The van der Waals surface area contributed by atoms with Gasteiger partial charge in [-0.3, -0.25) is 14.8 Å². The first-order valence-corrected chi connectivity index (χ1v) is 11.8. The minimum Gasteiger partial charge on any atom is -0.355 e. The number of aryl methyl sites for hydroxylation is 1. The summed E-state index contributed by atoms with van der Waals surface area (Å²) < 4.78 is 15.1. The third-order valence-corrected chi connectivity index (χ3v) is 8.06. The molecule has 176 valence electrons. The summed E-state index contributed by atoms with van der Waals surface area (Å²) in [4.78, 5) is 16.0. The number of fused-ring (bicyclic) bond motifs is 3. The third-order valence-electron chi connectivity index (χ3n) is 7.65. The molecule has 1 saturated heterocycles. The molecule has 1 aromatic carbocycles. The number of H-pyrrole nitrogens is 1. The van der Waals surface area contributed by atoms with Gasteiger partial charge in [0.05, 0.1) is 22.9 Å². The lowest BCUT2D eigenvalue weighted by Crippen LogP contribution is -2.35. The van der Waals surface area contributed by atoms with Crippen molar-refractivity contribution in [2.24, 2.45) is 24.6 Å². The molecule has 0 spiro atoms.